The SMILES string of the molecule is O=C(CCc1nc2cccnc2n1Cc1ccc(F)cc1)N[C@@H](CO)c1ccc(Cl)cc1. The Morgan fingerprint density at radius 1 is 1.12 bits per heavy atom. The van der Waals surface area contributed by atoms with Crippen molar-refractivity contribution in [2.24, 2.45) is 0 Å². The van der Waals surface area contributed by atoms with Crippen molar-refractivity contribution in [2.45, 2.75) is 25.4 Å². The Hall–Kier alpha value is -3.29. The van der Waals surface area contributed by atoms with Gasteiger partial charge in [-0.1, -0.05) is 35.9 Å². The predicted octanol–water partition coefficient (Wildman–Crippen LogP) is 4.05. The number of hydrogen-bond acceptors (Lipinski definition) is 4. The van der Waals surface area contributed by atoms with Crippen LogP contribution in [0.25, 0.3) is 11.2 Å². The minimum Gasteiger partial charge on any atom is -0.394 e. The Balaban J connectivity index is 1.49. The largest absolute Gasteiger partial charge is 0.394 e. The maximum Gasteiger partial charge on any atom is 0.221 e. The number of carbonyl (C=O) groups is 1. The Bertz CT molecular complexity index is 1210. The highest BCUT2D eigenvalue weighted by atomic mass is 35.5. The van der Waals surface area contributed by atoms with Gasteiger partial charge < -0.3 is 15.0 Å². The highest BCUT2D eigenvalue weighted by Gasteiger charge is 2.17. The summed E-state index contributed by atoms with van der Waals surface area (Å²) < 4.78 is 15.2. The molecule has 0 radical (unpaired) electrons. The van der Waals surface area contributed by atoms with E-state index < -0.39 is 6.04 Å². The number of amides is 1. The van der Waals surface area contributed by atoms with Crippen LogP contribution in [0, 0.1) is 5.82 Å². The molecule has 2 heterocycles. The van der Waals surface area contributed by atoms with Crippen molar-refractivity contribution < 1.29 is 14.3 Å². The molecule has 0 bridgehead atoms. The number of imidazole rings is 1. The summed E-state index contributed by atoms with van der Waals surface area (Å²) in [5.74, 6) is 0.218. The molecule has 6 nitrogen and oxygen atoms in total. The number of pyridine rings is 1. The number of aliphatic hydroxyl groups excluding tert-OH is 1. The Morgan fingerprint density at radius 3 is 2.59 bits per heavy atom. The molecule has 0 fully saturated rings. The fraction of sp³-hybridized carbons (Fsp3) is 0.208. The summed E-state index contributed by atoms with van der Waals surface area (Å²) in [4.78, 5) is 21.7. The van der Waals surface area contributed by atoms with Crippen LogP contribution in [0.1, 0.15) is 29.4 Å². The first-order valence-corrected chi connectivity index (χ1v) is 10.6. The van der Waals surface area contributed by atoms with E-state index >= 15 is 0 Å². The monoisotopic (exact) mass is 452 g/mol. The highest BCUT2D eigenvalue weighted by Crippen LogP contribution is 2.19. The number of rotatable bonds is 8. The van der Waals surface area contributed by atoms with Crippen molar-refractivity contribution in [1.82, 2.24) is 19.9 Å². The molecule has 32 heavy (non-hydrogen) atoms. The van der Waals surface area contributed by atoms with Crippen LogP contribution in [0.2, 0.25) is 5.02 Å². The number of halogens is 2. The maximum atomic E-state index is 13.3. The van der Waals surface area contributed by atoms with Gasteiger partial charge in [-0.15, -0.1) is 0 Å². The standard InChI is InChI=1S/C24H22ClFN4O2/c25-18-7-5-17(6-8-18)21(15-31)29-23(32)12-11-22-28-20-2-1-13-27-24(20)30(22)14-16-3-9-19(26)10-4-16/h1-10,13,21,31H,11-12,14-15H2,(H,29,32)/t21-/m0/s1. The molecule has 0 aliphatic heterocycles. The quantitative estimate of drug-likeness (QED) is 0.422. The molecule has 0 aliphatic carbocycles. The van der Waals surface area contributed by atoms with E-state index in [0.717, 1.165) is 16.6 Å². The number of nitrogens with one attached hydrogen (secondary N) is 1. The van der Waals surface area contributed by atoms with E-state index in [1.807, 2.05) is 16.7 Å². The maximum absolute atomic E-state index is 13.3. The third-order valence-corrected chi connectivity index (χ3v) is 5.45. The fourth-order valence-electron chi connectivity index (χ4n) is 3.56. The summed E-state index contributed by atoms with van der Waals surface area (Å²) in [5.41, 5.74) is 3.13. The van der Waals surface area contributed by atoms with Gasteiger partial charge >= 0.3 is 0 Å². The van der Waals surface area contributed by atoms with Gasteiger partial charge in [-0.3, -0.25) is 4.79 Å². The van der Waals surface area contributed by atoms with E-state index in [-0.39, 0.29) is 24.8 Å². The third kappa shape index (κ3) is 5.12. The van der Waals surface area contributed by atoms with Gasteiger partial charge in [0, 0.05) is 24.1 Å². The molecule has 2 aromatic heterocycles. The minimum atomic E-state index is -0.514. The molecule has 4 aromatic rings. The lowest BCUT2D eigenvalue weighted by atomic mass is 10.1. The summed E-state index contributed by atoms with van der Waals surface area (Å²) in [6.45, 7) is 0.245. The number of benzene rings is 2. The first-order chi connectivity index (χ1) is 15.5. The molecule has 4 rings (SSSR count). The summed E-state index contributed by atoms with van der Waals surface area (Å²) >= 11 is 5.91. The topological polar surface area (TPSA) is 80.0 Å². The molecule has 8 heteroatoms. The second-order valence-electron chi connectivity index (χ2n) is 7.44. The normalized spacial score (nSPS) is 12.1. The van der Waals surface area contributed by atoms with E-state index in [0.29, 0.717) is 29.5 Å². The molecule has 0 spiro atoms. The Kier molecular flexibility index (Phi) is 6.78. The molecule has 1 atom stereocenters. The lowest BCUT2D eigenvalue weighted by Crippen LogP contribution is -2.31. The van der Waals surface area contributed by atoms with Gasteiger partial charge in [0.25, 0.3) is 0 Å². The van der Waals surface area contributed by atoms with Crippen LogP contribution in [0.15, 0.2) is 66.9 Å². The molecule has 164 valence electrons. The smallest absolute Gasteiger partial charge is 0.221 e. The van der Waals surface area contributed by atoms with Crippen LogP contribution in [-0.4, -0.2) is 32.2 Å². The number of hydrogen-bond donors (Lipinski definition) is 2. The van der Waals surface area contributed by atoms with Crippen molar-refractivity contribution in [1.29, 1.82) is 0 Å². The van der Waals surface area contributed by atoms with Crippen molar-refractivity contribution >= 4 is 28.7 Å². The second kappa shape index (κ2) is 9.89. The average molecular weight is 453 g/mol. The van der Waals surface area contributed by atoms with Gasteiger partial charge in [-0.25, -0.2) is 14.4 Å². The van der Waals surface area contributed by atoms with Crippen LogP contribution < -0.4 is 5.32 Å². The van der Waals surface area contributed by atoms with E-state index in [1.165, 1.54) is 12.1 Å². The number of aromatic nitrogens is 3. The molecular formula is C24H22ClFN4O2. The number of nitrogens with zero attached hydrogens (tertiary/aromatic N) is 3. The summed E-state index contributed by atoms with van der Waals surface area (Å²) in [6, 6.07) is 16.4. The zero-order chi connectivity index (χ0) is 22.5. The van der Waals surface area contributed by atoms with Crippen molar-refractivity contribution in [3.63, 3.8) is 0 Å². The number of aliphatic hydroxyl groups is 1. The fourth-order valence-corrected chi connectivity index (χ4v) is 3.68. The van der Waals surface area contributed by atoms with Crippen LogP contribution in [0.4, 0.5) is 4.39 Å². The molecule has 1 amide bonds. The van der Waals surface area contributed by atoms with Crippen LogP contribution >= 0.6 is 11.6 Å². The van der Waals surface area contributed by atoms with Gasteiger partial charge in [0.2, 0.25) is 5.91 Å². The molecule has 0 aliphatic rings. The Morgan fingerprint density at radius 2 is 1.88 bits per heavy atom. The zero-order valence-corrected chi connectivity index (χ0v) is 18.0. The van der Waals surface area contributed by atoms with Gasteiger partial charge in [0.1, 0.15) is 17.2 Å². The summed E-state index contributed by atoms with van der Waals surface area (Å²) in [7, 11) is 0. The molecule has 0 saturated carbocycles. The summed E-state index contributed by atoms with van der Waals surface area (Å²) in [6.07, 6.45) is 2.28. The first-order valence-electron chi connectivity index (χ1n) is 10.2. The van der Waals surface area contributed by atoms with Crippen molar-refractivity contribution in [2.75, 3.05) is 6.61 Å². The molecule has 2 aromatic carbocycles. The van der Waals surface area contributed by atoms with Crippen LogP contribution in [0.3, 0.4) is 0 Å². The zero-order valence-electron chi connectivity index (χ0n) is 17.2. The van der Waals surface area contributed by atoms with Crippen LogP contribution in [0.5, 0.6) is 0 Å². The molecule has 0 unspecified atom stereocenters. The number of carbonyl (C=O) groups excluding carboxylic acids is 1. The van der Waals surface area contributed by atoms with E-state index in [2.05, 4.69) is 15.3 Å². The number of fused-ring (bicyclic) bond motifs is 1. The molecule has 0 saturated heterocycles. The van der Waals surface area contributed by atoms with E-state index in [4.69, 9.17) is 11.6 Å². The van der Waals surface area contributed by atoms with E-state index in [1.54, 1.807) is 42.6 Å². The molecular weight excluding hydrogens is 431 g/mol. The van der Waals surface area contributed by atoms with Crippen molar-refractivity contribution in [3.05, 3.63) is 94.7 Å². The third-order valence-electron chi connectivity index (χ3n) is 5.20. The van der Waals surface area contributed by atoms with Gasteiger partial charge in [-0.05, 0) is 47.5 Å². The van der Waals surface area contributed by atoms with E-state index in [9.17, 15) is 14.3 Å². The van der Waals surface area contributed by atoms with Gasteiger partial charge in [-0.2, -0.15) is 0 Å². The number of aryl methyl sites for hydroxylation is 1. The van der Waals surface area contributed by atoms with Crippen LogP contribution in [-0.2, 0) is 17.8 Å². The summed E-state index contributed by atoms with van der Waals surface area (Å²) in [5, 5.41) is 13.2. The average Bonchev–Trinajstić information content (AvgIpc) is 3.15. The minimum absolute atomic E-state index is 0.191. The lowest BCUT2D eigenvalue weighted by Gasteiger charge is -2.17. The van der Waals surface area contributed by atoms with Crippen molar-refractivity contribution in [3.8, 4) is 0 Å². The first kappa shape index (κ1) is 21.9. The Labute approximate surface area is 189 Å². The second-order valence-corrected chi connectivity index (χ2v) is 7.88. The highest BCUT2D eigenvalue weighted by molar-refractivity contribution is 6.30. The molecule has 2 N–H and O–H groups in total. The van der Waals surface area contributed by atoms with Gasteiger partial charge in [0.05, 0.1) is 19.2 Å². The predicted molar refractivity (Wildman–Crippen MR) is 121 cm³/mol. The lowest BCUT2D eigenvalue weighted by molar-refractivity contribution is -0.122. The van der Waals surface area contributed by atoms with Gasteiger partial charge in [0.15, 0.2) is 5.65 Å².